The molecular weight excluding hydrogens is 358 g/mol. The molecule has 0 amide bonds. The van der Waals surface area contributed by atoms with Crippen molar-refractivity contribution in [2.75, 3.05) is 0 Å². The number of rotatable bonds is 3. The molecule has 0 atom stereocenters. The molecule has 3 rings (SSSR count). The van der Waals surface area contributed by atoms with Gasteiger partial charge < -0.3 is 0 Å². The van der Waals surface area contributed by atoms with Gasteiger partial charge in [-0.3, -0.25) is 35.1 Å². The predicted molar refractivity (Wildman–Crippen MR) is 94.0 cm³/mol. The third-order valence-electron chi connectivity index (χ3n) is 4.43. The number of ketones is 1. The van der Waals surface area contributed by atoms with E-state index < -0.39 is 43.0 Å². The first-order chi connectivity index (χ1) is 12.4. The second-order valence-electron chi connectivity index (χ2n) is 7.16. The van der Waals surface area contributed by atoms with Gasteiger partial charge in [-0.05, 0) is 17.0 Å². The van der Waals surface area contributed by atoms with Crippen molar-refractivity contribution in [3.63, 3.8) is 0 Å². The fourth-order valence-electron chi connectivity index (χ4n) is 3.09. The molecule has 10 heteroatoms. The number of nitro benzene ring substituents is 3. The monoisotopic (exact) mass is 371 g/mol. The predicted octanol–water partition coefficient (Wildman–Crippen LogP) is 3.92. The van der Waals surface area contributed by atoms with Gasteiger partial charge in [0.15, 0.2) is 5.78 Å². The van der Waals surface area contributed by atoms with Crippen LogP contribution < -0.4 is 0 Å². The number of fused-ring (bicyclic) bond motifs is 3. The van der Waals surface area contributed by atoms with Crippen molar-refractivity contribution in [1.29, 1.82) is 0 Å². The zero-order valence-corrected chi connectivity index (χ0v) is 14.5. The van der Waals surface area contributed by atoms with Crippen LogP contribution in [0.1, 0.15) is 42.3 Å². The molecule has 0 fully saturated rings. The van der Waals surface area contributed by atoms with Crippen LogP contribution in [-0.2, 0) is 5.41 Å². The first-order valence-corrected chi connectivity index (χ1v) is 7.78. The maximum atomic E-state index is 12.8. The van der Waals surface area contributed by atoms with Gasteiger partial charge in [0.25, 0.3) is 17.1 Å². The van der Waals surface area contributed by atoms with Gasteiger partial charge >= 0.3 is 0 Å². The maximum absolute atomic E-state index is 12.8. The Balaban J connectivity index is 2.47. The standard InChI is InChI=1S/C17H13N3O7/c1-17(2,3)8-4-10-14(12(5-8)19(24)25)15-11(16(10)21)6-9(18(22)23)7-13(15)20(26)27/h4-7H,1-3H3. The van der Waals surface area contributed by atoms with E-state index in [1.54, 1.807) is 20.8 Å². The molecule has 0 radical (unpaired) electrons. The molecule has 1 aliphatic rings. The van der Waals surface area contributed by atoms with Crippen molar-refractivity contribution in [2.45, 2.75) is 26.2 Å². The van der Waals surface area contributed by atoms with Gasteiger partial charge in [-0.15, -0.1) is 0 Å². The van der Waals surface area contributed by atoms with Crippen molar-refractivity contribution in [3.8, 4) is 11.1 Å². The van der Waals surface area contributed by atoms with Gasteiger partial charge in [0, 0.05) is 23.3 Å². The summed E-state index contributed by atoms with van der Waals surface area (Å²) < 4.78 is 0. The number of carbonyl (C=O) groups excluding carboxylic acids is 1. The van der Waals surface area contributed by atoms with Crippen LogP contribution in [0.2, 0.25) is 0 Å². The van der Waals surface area contributed by atoms with Crippen LogP contribution >= 0.6 is 0 Å². The summed E-state index contributed by atoms with van der Waals surface area (Å²) in [7, 11) is 0. The van der Waals surface area contributed by atoms with Crippen LogP contribution in [0.15, 0.2) is 24.3 Å². The Morgan fingerprint density at radius 3 is 1.67 bits per heavy atom. The zero-order valence-electron chi connectivity index (χ0n) is 14.5. The highest BCUT2D eigenvalue weighted by Crippen LogP contribution is 2.49. The summed E-state index contributed by atoms with van der Waals surface area (Å²) in [5, 5.41) is 34.2. The zero-order chi connectivity index (χ0) is 20.3. The minimum Gasteiger partial charge on any atom is -0.289 e. The molecule has 27 heavy (non-hydrogen) atoms. The highest BCUT2D eigenvalue weighted by atomic mass is 16.6. The Morgan fingerprint density at radius 2 is 1.22 bits per heavy atom. The first-order valence-electron chi connectivity index (χ1n) is 7.78. The van der Waals surface area contributed by atoms with E-state index in [1.165, 1.54) is 12.1 Å². The molecule has 0 aliphatic heterocycles. The maximum Gasteiger partial charge on any atom is 0.285 e. The summed E-state index contributed by atoms with van der Waals surface area (Å²) in [5.74, 6) is -0.707. The first kappa shape index (κ1) is 18.1. The average molecular weight is 371 g/mol. The second kappa shape index (κ2) is 5.66. The molecular formula is C17H13N3O7. The third kappa shape index (κ3) is 2.71. The van der Waals surface area contributed by atoms with E-state index >= 15 is 0 Å². The summed E-state index contributed by atoms with van der Waals surface area (Å²) in [5.41, 5.74) is -2.56. The number of benzene rings is 2. The largest absolute Gasteiger partial charge is 0.289 e. The van der Waals surface area contributed by atoms with E-state index in [9.17, 15) is 35.1 Å². The topological polar surface area (TPSA) is 146 Å². The van der Waals surface area contributed by atoms with Crippen LogP contribution in [0, 0.1) is 30.3 Å². The second-order valence-corrected chi connectivity index (χ2v) is 7.16. The van der Waals surface area contributed by atoms with Crippen molar-refractivity contribution in [1.82, 2.24) is 0 Å². The van der Waals surface area contributed by atoms with Crippen molar-refractivity contribution in [3.05, 3.63) is 71.3 Å². The van der Waals surface area contributed by atoms with E-state index in [0.717, 1.165) is 6.07 Å². The van der Waals surface area contributed by atoms with Crippen LogP contribution in [0.4, 0.5) is 17.1 Å². The third-order valence-corrected chi connectivity index (χ3v) is 4.43. The summed E-state index contributed by atoms with van der Waals surface area (Å²) in [6.07, 6.45) is 0. The smallest absolute Gasteiger partial charge is 0.285 e. The van der Waals surface area contributed by atoms with Gasteiger partial charge in [0.05, 0.1) is 32.0 Å². The van der Waals surface area contributed by atoms with E-state index in [4.69, 9.17) is 0 Å². The minimum atomic E-state index is -0.879. The number of hydrogen-bond acceptors (Lipinski definition) is 7. The summed E-state index contributed by atoms with van der Waals surface area (Å²) in [6, 6.07) is 4.38. The average Bonchev–Trinajstić information content (AvgIpc) is 2.85. The lowest BCUT2D eigenvalue weighted by molar-refractivity contribution is -0.394. The fourth-order valence-corrected chi connectivity index (χ4v) is 3.09. The quantitative estimate of drug-likeness (QED) is 0.500. The Bertz CT molecular complexity index is 1070. The molecule has 0 aromatic heterocycles. The molecule has 0 heterocycles. The van der Waals surface area contributed by atoms with Crippen molar-refractivity contribution in [2.24, 2.45) is 0 Å². The molecule has 10 nitrogen and oxygen atoms in total. The van der Waals surface area contributed by atoms with Crippen LogP contribution in [0.3, 0.4) is 0 Å². The highest BCUT2D eigenvalue weighted by molar-refractivity contribution is 6.25. The fraction of sp³-hybridized carbons (Fsp3) is 0.235. The van der Waals surface area contributed by atoms with Crippen molar-refractivity contribution < 1.29 is 19.6 Å². The number of carbonyl (C=O) groups is 1. The van der Waals surface area contributed by atoms with Crippen LogP contribution in [0.5, 0.6) is 0 Å². The van der Waals surface area contributed by atoms with E-state index in [-0.39, 0.29) is 22.3 Å². The summed E-state index contributed by atoms with van der Waals surface area (Å²) >= 11 is 0. The minimum absolute atomic E-state index is 0.0623. The molecule has 0 bridgehead atoms. The van der Waals surface area contributed by atoms with Gasteiger partial charge in [-0.2, -0.15) is 0 Å². The number of nitro groups is 3. The summed E-state index contributed by atoms with van der Waals surface area (Å²) in [6.45, 7) is 5.41. The normalized spacial score (nSPS) is 12.5. The lowest BCUT2D eigenvalue weighted by Gasteiger charge is -2.19. The van der Waals surface area contributed by atoms with Crippen LogP contribution in [0.25, 0.3) is 11.1 Å². The lowest BCUT2D eigenvalue weighted by Crippen LogP contribution is -2.13. The molecule has 1 aliphatic carbocycles. The lowest BCUT2D eigenvalue weighted by atomic mass is 9.84. The number of hydrogen-bond donors (Lipinski definition) is 0. The van der Waals surface area contributed by atoms with Crippen LogP contribution in [-0.4, -0.2) is 20.6 Å². The Labute approximate surface area is 151 Å². The van der Waals surface area contributed by atoms with Gasteiger partial charge in [-0.25, -0.2) is 0 Å². The van der Waals surface area contributed by atoms with E-state index in [1.807, 2.05) is 0 Å². The number of nitrogens with zero attached hydrogens (tertiary/aromatic N) is 3. The molecule has 0 saturated heterocycles. The molecule has 0 spiro atoms. The van der Waals surface area contributed by atoms with E-state index in [2.05, 4.69) is 0 Å². The van der Waals surface area contributed by atoms with Gasteiger partial charge in [0.2, 0.25) is 0 Å². The highest BCUT2D eigenvalue weighted by Gasteiger charge is 2.41. The number of non-ortho nitro benzene ring substituents is 1. The Morgan fingerprint density at radius 1 is 0.741 bits per heavy atom. The summed E-state index contributed by atoms with van der Waals surface area (Å²) in [4.78, 5) is 44.6. The van der Waals surface area contributed by atoms with Gasteiger partial charge in [0.1, 0.15) is 0 Å². The SMILES string of the molecule is CC(C)(C)c1cc2c(c([N+](=O)[O-])c1)-c1c(cc([N+](=O)[O-])cc1[N+](=O)[O-])C2=O. The molecule has 0 N–H and O–H groups in total. The Kier molecular flexibility index (Phi) is 3.80. The molecule has 138 valence electrons. The van der Waals surface area contributed by atoms with Crippen molar-refractivity contribution >= 4 is 22.8 Å². The molecule has 0 unspecified atom stereocenters. The van der Waals surface area contributed by atoms with Gasteiger partial charge in [-0.1, -0.05) is 20.8 Å². The molecule has 0 saturated carbocycles. The molecule has 2 aromatic carbocycles. The molecule has 2 aromatic rings. The van der Waals surface area contributed by atoms with E-state index in [0.29, 0.717) is 11.6 Å². The Hall–Kier alpha value is -3.69.